The van der Waals surface area contributed by atoms with Gasteiger partial charge in [0.2, 0.25) is 15.9 Å². The van der Waals surface area contributed by atoms with E-state index in [0.29, 0.717) is 6.61 Å². The van der Waals surface area contributed by atoms with E-state index in [9.17, 15) is 17.6 Å². The van der Waals surface area contributed by atoms with Crippen LogP contribution in [0.2, 0.25) is 0 Å². The minimum Gasteiger partial charge on any atom is -0.383 e. The van der Waals surface area contributed by atoms with Crippen molar-refractivity contribution in [3.05, 3.63) is 28.5 Å². The average molecular weight is 369 g/mol. The van der Waals surface area contributed by atoms with Crippen LogP contribution in [-0.2, 0) is 19.6 Å². The van der Waals surface area contributed by atoms with Gasteiger partial charge >= 0.3 is 0 Å². The molecule has 0 radical (unpaired) electrons. The number of ether oxygens (including phenoxy) is 1. The van der Waals surface area contributed by atoms with Gasteiger partial charge in [0.15, 0.2) is 0 Å². The summed E-state index contributed by atoms with van der Waals surface area (Å²) in [6.07, 6.45) is 0. The summed E-state index contributed by atoms with van der Waals surface area (Å²) in [6, 6.07) is 3.18. The van der Waals surface area contributed by atoms with Crippen molar-refractivity contribution in [1.82, 2.24) is 10.0 Å². The van der Waals surface area contributed by atoms with Crippen LogP contribution in [0, 0.1) is 5.82 Å². The molecule has 20 heavy (non-hydrogen) atoms. The van der Waals surface area contributed by atoms with E-state index in [1.165, 1.54) is 7.11 Å². The first-order valence-corrected chi connectivity index (χ1v) is 7.85. The normalized spacial score (nSPS) is 11.3. The molecule has 0 unspecified atom stereocenters. The zero-order valence-electron chi connectivity index (χ0n) is 10.7. The van der Waals surface area contributed by atoms with Crippen LogP contribution in [0.3, 0.4) is 0 Å². The molecule has 1 aromatic rings. The van der Waals surface area contributed by atoms with Crippen LogP contribution in [-0.4, -0.2) is 41.1 Å². The second kappa shape index (κ2) is 7.67. The van der Waals surface area contributed by atoms with Crippen molar-refractivity contribution in [2.75, 3.05) is 26.8 Å². The van der Waals surface area contributed by atoms with Crippen LogP contribution in [0.5, 0.6) is 0 Å². The largest absolute Gasteiger partial charge is 0.383 e. The number of hydrogen-bond acceptors (Lipinski definition) is 4. The monoisotopic (exact) mass is 368 g/mol. The molecule has 0 aliphatic carbocycles. The molecule has 0 spiro atoms. The first-order chi connectivity index (χ1) is 9.36. The molecule has 0 aromatic heterocycles. The summed E-state index contributed by atoms with van der Waals surface area (Å²) < 4.78 is 43.7. The van der Waals surface area contributed by atoms with E-state index in [-0.39, 0.29) is 15.9 Å². The third-order valence-corrected chi connectivity index (χ3v) is 4.61. The molecule has 0 aliphatic heterocycles. The number of carbonyl (C=O) groups excluding carboxylic acids is 1. The summed E-state index contributed by atoms with van der Waals surface area (Å²) in [7, 11) is -2.40. The van der Waals surface area contributed by atoms with Gasteiger partial charge in [-0.3, -0.25) is 4.79 Å². The predicted octanol–water partition coefficient (Wildman–Crippen LogP) is 0.629. The highest BCUT2D eigenvalue weighted by Gasteiger charge is 2.18. The average Bonchev–Trinajstić information content (AvgIpc) is 2.36. The molecule has 2 N–H and O–H groups in total. The molecule has 1 amide bonds. The van der Waals surface area contributed by atoms with Crippen LogP contribution in [0.4, 0.5) is 4.39 Å². The van der Waals surface area contributed by atoms with Crippen molar-refractivity contribution in [3.8, 4) is 0 Å². The quantitative estimate of drug-likeness (QED) is 0.691. The lowest BCUT2D eigenvalue weighted by Gasteiger charge is -2.09. The van der Waals surface area contributed by atoms with E-state index in [1.54, 1.807) is 0 Å². The van der Waals surface area contributed by atoms with Crippen molar-refractivity contribution in [2.24, 2.45) is 0 Å². The van der Waals surface area contributed by atoms with Gasteiger partial charge in [-0.05, 0) is 34.1 Å². The smallest absolute Gasteiger partial charge is 0.242 e. The molecule has 9 heteroatoms. The molecule has 112 valence electrons. The third-order valence-electron chi connectivity index (χ3n) is 2.23. The molecular formula is C11H14BrFN2O4S. The van der Waals surface area contributed by atoms with Crippen LogP contribution >= 0.6 is 15.9 Å². The summed E-state index contributed by atoms with van der Waals surface area (Å²) in [5, 5.41) is 2.47. The second-order valence-electron chi connectivity index (χ2n) is 3.74. The Morgan fingerprint density at radius 2 is 2.15 bits per heavy atom. The number of methoxy groups -OCH3 is 1. The van der Waals surface area contributed by atoms with Crippen molar-refractivity contribution in [3.63, 3.8) is 0 Å². The number of rotatable bonds is 7. The lowest BCUT2D eigenvalue weighted by molar-refractivity contribution is -0.120. The summed E-state index contributed by atoms with van der Waals surface area (Å²) in [4.78, 5) is 11.2. The van der Waals surface area contributed by atoms with Crippen molar-refractivity contribution >= 4 is 31.9 Å². The fourth-order valence-corrected chi connectivity index (χ4v) is 3.32. The minimum absolute atomic E-state index is 0.0878. The van der Waals surface area contributed by atoms with Crippen molar-refractivity contribution in [1.29, 1.82) is 0 Å². The van der Waals surface area contributed by atoms with Crippen LogP contribution in [0.15, 0.2) is 27.6 Å². The Morgan fingerprint density at radius 1 is 1.45 bits per heavy atom. The van der Waals surface area contributed by atoms with Crippen LogP contribution < -0.4 is 10.0 Å². The highest BCUT2D eigenvalue weighted by atomic mass is 79.9. The van der Waals surface area contributed by atoms with Gasteiger partial charge in [0.05, 0.1) is 18.0 Å². The Hall–Kier alpha value is -1.03. The second-order valence-corrected chi connectivity index (χ2v) is 6.33. The Morgan fingerprint density at radius 3 is 2.75 bits per heavy atom. The number of halogens is 2. The molecule has 1 aromatic carbocycles. The Balaban J connectivity index is 2.64. The molecule has 0 heterocycles. The van der Waals surface area contributed by atoms with Gasteiger partial charge in [-0.25, -0.2) is 17.5 Å². The molecule has 0 saturated carbocycles. The zero-order valence-corrected chi connectivity index (χ0v) is 13.1. The van der Waals surface area contributed by atoms with Gasteiger partial charge in [0.25, 0.3) is 0 Å². The van der Waals surface area contributed by atoms with E-state index in [2.05, 4.69) is 26.0 Å². The molecule has 0 saturated heterocycles. The molecule has 6 nitrogen and oxygen atoms in total. The van der Waals surface area contributed by atoms with Crippen molar-refractivity contribution in [2.45, 2.75) is 4.90 Å². The number of carbonyl (C=O) groups is 1. The summed E-state index contributed by atoms with van der Waals surface area (Å²) in [6.45, 7) is 0.217. The van der Waals surface area contributed by atoms with Gasteiger partial charge < -0.3 is 10.1 Å². The highest BCUT2D eigenvalue weighted by Crippen LogP contribution is 2.22. The first kappa shape index (κ1) is 17.0. The Labute approximate surface area is 124 Å². The minimum atomic E-state index is -3.89. The van der Waals surface area contributed by atoms with Gasteiger partial charge in [0, 0.05) is 18.1 Å². The Bertz CT molecular complexity index is 580. The van der Waals surface area contributed by atoms with Gasteiger partial charge in [-0.15, -0.1) is 0 Å². The molecule has 0 bridgehead atoms. The summed E-state index contributed by atoms with van der Waals surface area (Å²) in [5.41, 5.74) is 0. The number of hydrogen-bond donors (Lipinski definition) is 2. The SMILES string of the molecule is COCCNC(=O)CNS(=O)(=O)c1ccc(F)cc1Br. The molecule has 1 rings (SSSR count). The Kier molecular flexibility index (Phi) is 6.53. The molecular weight excluding hydrogens is 355 g/mol. The van der Waals surface area contributed by atoms with E-state index in [0.717, 1.165) is 18.2 Å². The maximum absolute atomic E-state index is 12.9. The fourth-order valence-electron chi connectivity index (χ4n) is 1.29. The molecule has 0 atom stereocenters. The number of amides is 1. The van der Waals surface area contributed by atoms with Gasteiger partial charge in [-0.2, -0.15) is 0 Å². The first-order valence-electron chi connectivity index (χ1n) is 5.57. The summed E-state index contributed by atoms with van der Waals surface area (Å²) in [5.74, 6) is -1.04. The van der Waals surface area contributed by atoms with Crippen molar-refractivity contribution < 1.29 is 22.3 Å². The molecule has 0 aliphatic rings. The van der Waals surface area contributed by atoms with Crippen LogP contribution in [0.1, 0.15) is 0 Å². The number of nitrogens with one attached hydrogen (secondary N) is 2. The van der Waals surface area contributed by atoms with E-state index < -0.39 is 28.3 Å². The van der Waals surface area contributed by atoms with E-state index >= 15 is 0 Å². The molecule has 0 fully saturated rings. The van der Waals surface area contributed by atoms with E-state index in [1.807, 2.05) is 0 Å². The number of benzene rings is 1. The van der Waals surface area contributed by atoms with Gasteiger partial charge in [0.1, 0.15) is 5.82 Å². The predicted molar refractivity (Wildman–Crippen MR) is 74.2 cm³/mol. The zero-order chi connectivity index (χ0) is 15.2. The maximum atomic E-state index is 12.9. The van der Waals surface area contributed by atoms with E-state index in [4.69, 9.17) is 4.74 Å². The topological polar surface area (TPSA) is 84.5 Å². The third kappa shape index (κ3) is 5.16. The lowest BCUT2D eigenvalue weighted by atomic mass is 10.3. The lowest BCUT2D eigenvalue weighted by Crippen LogP contribution is -2.38. The standard InChI is InChI=1S/C11H14BrFN2O4S/c1-19-5-4-14-11(16)7-15-20(17,18)10-3-2-8(13)6-9(10)12/h2-3,6,15H,4-5,7H2,1H3,(H,14,16). The highest BCUT2D eigenvalue weighted by molar-refractivity contribution is 9.10. The summed E-state index contributed by atoms with van der Waals surface area (Å²) >= 11 is 2.96. The number of sulfonamides is 1. The fraction of sp³-hybridized carbons (Fsp3) is 0.364. The van der Waals surface area contributed by atoms with Gasteiger partial charge in [-0.1, -0.05) is 0 Å². The maximum Gasteiger partial charge on any atom is 0.242 e. The van der Waals surface area contributed by atoms with Crippen LogP contribution in [0.25, 0.3) is 0 Å².